The number of nitrogens with one attached hydrogen (secondary N) is 2. The van der Waals surface area contributed by atoms with Crippen molar-refractivity contribution in [2.24, 2.45) is 0 Å². The van der Waals surface area contributed by atoms with Crippen LogP contribution in [0.25, 0.3) is 10.8 Å². The number of anilines is 2. The third-order valence-corrected chi connectivity index (χ3v) is 8.50. The van der Waals surface area contributed by atoms with Crippen molar-refractivity contribution in [2.75, 3.05) is 30.8 Å². The van der Waals surface area contributed by atoms with Crippen molar-refractivity contribution in [3.05, 3.63) is 83.7 Å². The molecule has 2 fully saturated rings. The van der Waals surface area contributed by atoms with Crippen LogP contribution in [0.15, 0.2) is 67.0 Å². The number of ether oxygens (including phenoxy) is 1. The first-order valence-corrected chi connectivity index (χ1v) is 14.8. The minimum Gasteiger partial charge on any atom is -0.439 e. The van der Waals surface area contributed by atoms with Gasteiger partial charge < -0.3 is 15.4 Å². The van der Waals surface area contributed by atoms with E-state index in [1.807, 2.05) is 0 Å². The number of aromatic nitrogens is 2. The third-order valence-electron chi connectivity index (χ3n) is 8.50. The molecule has 2 amide bonds. The number of benzene rings is 3. The first kappa shape index (κ1) is 30.5. The molecule has 45 heavy (non-hydrogen) atoms. The van der Waals surface area contributed by atoms with Crippen molar-refractivity contribution in [3.63, 3.8) is 0 Å². The summed E-state index contributed by atoms with van der Waals surface area (Å²) in [6.45, 7) is 3.06. The lowest BCUT2D eigenvalue weighted by Crippen LogP contribution is -2.58. The van der Waals surface area contributed by atoms with Gasteiger partial charge in [-0.05, 0) is 72.6 Å². The number of alkyl halides is 3. The van der Waals surface area contributed by atoms with Crippen LogP contribution in [0.5, 0.6) is 11.6 Å². The molecule has 2 aliphatic heterocycles. The minimum atomic E-state index is -4.57. The molecule has 2 N–H and O–H groups in total. The summed E-state index contributed by atoms with van der Waals surface area (Å²) in [6.07, 6.45) is -0.0251. The van der Waals surface area contributed by atoms with Crippen LogP contribution in [0.2, 0.25) is 0 Å². The number of amides is 2. The summed E-state index contributed by atoms with van der Waals surface area (Å²) in [4.78, 5) is 37.2. The van der Waals surface area contributed by atoms with Gasteiger partial charge in [-0.2, -0.15) is 13.2 Å². The molecular weight excluding hydrogens is 585 g/mol. The van der Waals surface area contributed by atoms with Crippen LogP contribution in [0.1, 0.15) is 47.7 Å². The molecule has 3 heterocycles. The normalized spacial score (nSPS) is 18.9. The predicted octanol–water partition coefficient (Wildman–Crippen LogP) is 6.32. The molecule has 9 nitrogen and oxygen atoms in total. The van der Waals surface area contributed by atoms with Crippen LogP contribution >= 0.6 is 0 Å². The lowest BCUT2D eigenvalue weighted by Gasteiger charge is -2.48. The summed E-state index contributed by atoms with van der Waals surface area (Å²) in [5, 5.41) is 6.50. The van der Waals surface area contributed by atoms with E-state index in [2.05, 4.69) is 37.4 Å². The van der Waals surface area contributed by atoms with Gasteiger partial charge in [0.05, 0.1) is 5.56 Å². The Hall–Kier alpha value is -4.55. The molecule has 2 bridgehead atoms. The Morgan fingerprint density at radius 2 is 1.76 bits per heavy atom. The maximum atomic E-state index is 14.2. The molecule has 234 valence electrons. The second-order valence-corrected chi connectivity index (χ2v) is 11.6. The van der Waals surface area contributed by atoms with Gasteiger partial charge in [0, 0.05) is 56.0 Å². The zero-order valence-electron chi connectivity index (χ0n) is 24.9. The van der Waals surface area contributed by atoms with Gasteiger partial charge in [-0.25, -0.2) is 9.97 Å². The van der Waals surface area contributed by atoms with E-state index in [4.69, 9.17) is 4.74 Å². The van der Waals surface area contributed by atoms with E-state index in [1.54, 1.807) is 36.4 Å². The molecule has 2 aliphatic rings. The molecule has 2 unspecified atom stereocenters. The number of likely N-dealkylation sites (tertiary alicyclic amines) is 1. The number of rotatable bonds is 7. The van der Waals surface area contributed by atoms with Gasteiger partial charge in [-0.1, -0.05) is 24.6 Å². The topological polar surface area (TPSA) is 99.7 Å². The van der Waals surface area contributed by atoms with Gasteiger partial charge in [-0.15, -0.1) is 0 Å². The zero-order valence-corrected chi connectivity index (χ0v) is 24.9. The van der Waals surface area contributed by atoms with Gasteiger partial charge in [0.1, 0.15) is 17.9 Å². The Bertz CT molecular complexity index is 1730. The molecule has 1 aromatic heterocycles. The molecule has 0 aliphatic carbocycles. The standard InChI is InChI=1S/C33H33F3N6O3/c1-20(43)39-30-15-31(38-19-37-30)45-26-11-12-27-21(13-26)5-3-8-28(27)32(44)40-23-10-9-22(29(14-23)33(34,35)36)16-42-17-24-6-4-7-25(18-42)41(24)2/h3,5,8-15,19,24-25H,4,6-7,16-18H2,1-2H3,(H,40,44)(H,37,38,39,43). The molecule has 4 aromatic rings. The number of carbonyl (C=O) groups excluding carboxylic acids is 2. The van der Waals surface area contributed by atoms with Gasteiger partial charge in [0.15, 0.2) is 0 Å². The Morgan fingerprint density at radius 1 is 0.978 bits per heavy atom. The average Bonchev–Trinajstić information content (AvgIpc) is 2.97. The van der Waals surface area contributed by atoms with E-state index >= 15 is 0 Å². The highest BCUT2D eigenvalue weighted by molar-refractivity contribution is 6.13. The summed E-state index contributed by atoms with van der Waals surface area (Å²) in [5.74, 6) is 0.117. The fraction of sp³-hybridized carbons (Fsp3) is 0.333. The molecule has 12 heteroatoms. The first-order chi connectivity index (χ1) is 21.5. The Kier molecular flexibility index (Phi) is 8.43. The number of piperidine rings is 1. The second-order valence-electron chi connectivity index (χ2n) is 11.6. The van der Waals surface area contributed by atoms with E-state index < -0.39 is 17.6 Å². The van der Waals surface area contributed by atoms with E-state index in [9.17, 15) is 22.8 Å². The van der Waals surface area contributed by atoms with Crippen molar-refractivity contribution < 1.29 is 27.5 Å². The fourth-order valence-corrected chi connectivity index (χ4v) is 6.32. The van der Waals surface area contributed by atoms with Crippen LogP contribution in [0.3, 0.4) is 0 Å². The number of piperazine rings is 1. The van der Waals surface area contributed by atoms with Crippen molar-refractivity contribution in [2.45, 2.75) is 51.0 Å². The van der Waals surface area contributed by atoms with Gasteiger partial charge in [0.25, 0.3) is 5.91 Å². The SMILES string of the molecule is CC(=O)Nc1cc(Oc2ccc3c(C(=O)Nc4ccc(CN5CC6CCCC(C5)N6C)c(C(F)(F)F)c4)cccc3c2)ncn1. The Morgan fingerprint density at radius 3 is 2.49 bits per heavy atom. The number of hydrogen-bond acceptors (Lipinski definition) is 7. The maximum absolute atomic E-state index is 14.2. The molecular formula is C33H33F3N6O3. The molecule has 0 saturated carbocycles. The highest BCUT2D eigenvalue weighted by Crippen LogP contribution is 2.36. The summed E-state index contributed by atoms with van der Waals surface area (Å²) >= 11 is 0. The number of fused-ring (bicyclic) bond motifs is 3. The van der Waals surface area contributed by atoms with Crippen molar-refractivity contribution in [1.29, 1.82) is 0 Å². The van der Waals surface area contributed by atoms with Crippen LogP contribution < -0.4 is 15.4 Å². The maximum Gasteiger partial charge on any atom is 0.416 e. The average molecular weight is 619 g/mol. The summed E-state index contributed by atoms with van der Waals surface area (Å²) in [5.41, 5.74) is -0.165. The zero-order chi connectivity index (χ0) is 31.7. The molecule has 6 rings (SSSR count). The van der Waals surface area contributed by atoms with Gasteiger partial charge in [-0.3, -0.25) is 19.4 Å². The number of nitrogens with zero attached hydrogens (tertiary/aromatic N) is 4. The number of hydrogen-bond donors (Lipinski definition) is 2. The Balaban J connectivity index is 1.19. The quantitative estimate of drug-likeness (QED) is 0.250. The summed E-state index contributed by atoms with van der Waals surface area (Å²) in [6, 6.07) is 16.4. The number of halogens is 3. The summed E-state index contributed by atoms with van der Waals surface area (Å²) in [7, 11) is 2.11. The molecule has 2 saturated heterocycles. The highest BCUT2D eigenvalue weighted by atomic mass is 19.4. The highest BCUT2D eigenvalue weighted by Gasteiger charge is 2.37. The molecule has 0 radical (unpaired) electrons. The van der Waals surface area contributed by atoms with E-state index in [0.717, 1.165) is 38.4 Å². The lowest BCUT2D eigenvalue weighted by atomic mass is 9.91. The van der Waals surface area contributed by atoms with Gasteiger partial charge in [0.2, 0.25) is 11.8 Å². The van der Waals surface area contributed by atoms with Crippen molar-refractivity contribution in [1.82, 2.24) is 19.8 Å². The number of carbonyl (C=O) groups is 2. The minimum absolute atomic E-state index is 0.0713. The van der Waals surface area contributed by atoms with Crippen molar-refractivity contribution in [3.8, 4) is 11.6 Å². The van der Waals surface area contributed by atoms with Crippen LogP contribution in [0.4, 0.5) is 24.7 Å². The van der Waals surface area contributed by atoms with Crippen LogP contribution in [-0.4, -0.2) is 63.8 Å². The third kappa shape index (κ3) is 6.91. The van der Waals surface area contributed by atoms with E-state index in [-0.39, 0.29) is 35.4 Å². The van der Waals surface area contributed by atoms with Crippen LogP contribution in [0, 0.1) is 0 Å². The lowest BCUT2D eigenvalue weighted by molar-refractivity contribution is -0.138. The van der Waals surface area contributed by atoms with Crippen molar-refractivity contribution >= 4 is 34.1 Å². The summed E-state index contributed by atoms with van der Waals surface area (Å²) < 4.78 is 48.5. The van der Waals surface area contributed by atoms with E-state index in [0.29, 0.717) is 34.2 Å². The monoisotopic (exact) mass is 618 g/mol. The second kappa shape index (κ2) is 12.4. The van der Waals surface area contributed by atoms with Gasteiger partial charge >= 0.3 is 6.18 Å². The molecule has 2 atom stereocenters. The largest absolute Gasteiger partial charge is 0.439 e. The number of likely N-dealkylation sites (N-methyl/N-ethyl adjacent to an activating group) is 1. The smallest absolute Gasteiger partial charge is 0.416 e. The molecule has 0 spiro atoms. The Labute approximate surface area is 258 Å². The first-order valence-electron chi connectivity index (χ1n) is 14.8. The predicted molar refractivity (Wildman–Crippen MR) is 164 cm³/mol. The van der Waals surface area contributed by atoms with Crippen LogP contribution in [-0.2, 0) is 17.5 Å². The molecule has 3 aromatic carbocycles. The fourth-order valence-electron chi connectivity index (χ4n) is 6.32. The van der Waals surface area contributed by atoms with E-state index in [1.165, 1.54) is 31.5 Å².